The Hall–Kier alpha value is -6.06. The number of unbranched alkanes of at least 4 members (excludes halogenated alkanes) is 1. The number of amides is 2. The maximum absolute atomic E-state index is 13.2. The van der Waals surface area contributed by atoms with E-state index in [0.717, 1.165) is 64.2 Å². The van der Waals surface area contributed by atoms with Crippen LogP contribution in [0.1, 0.15) is 153 Å². The number of carboxylic acids is 2. The van der Waals surface area contributed by atoms with Crippen LogP contribution < -0.4 is 29.6 Å². The molecule has 2 aliphatic rings. The number of aliphatic carboxylic acids is 2. The average Bonchev–Trinajstić information content (AvgIpc) is 3.99. The van der Waals surface area contributed by atoms with E-state index < -0.39 is 35.8 Å². The highest BCUT2D eigenvalue weighted by atomic mass is 16.5. The molecule has 16 heteroatoms. The van der Waals surface area contributed by atoms with Crippen molar-refractivity contribution in [3.63, 3.8) is 0 Å². The molecule has 2 amide bonds. The predicted octanol–water partition coefficient (Wildman–Crippen LogP) is 10.3. The molecule has 0 bridgehead atoms. The number of carbonyl (C=O) groups is 4. The topological polar surface area (TPSA) is 205 Å². The summed E-state index contributed by atoms with van der Waals surface area (Å²) in [5, 5.41) is 34.1. The summed E-state index contributed by atoms with van der Waals surface area (Å²) in [7, 11) is 6.33. The smallest absolute Gasteiger partial charge is 0.326 e. The van der Waals surface area contributed by atoms with Gasteiger partial charge >= 0.3 is 11.9 Å². The number of carboxylic acid groups (broad SMARTS) is 2. The number of benzene rings is 2. The molecule has 2 saturated carbocycles. The van der Waals surface area contributed by atoms with E-state index in [4.69, 9.17) is 18.9 Å². The molecule has 2 fully saturated rings. The quantitative estimate of drug-likeness (QED) is 0.0693. The first-order valence-electron chi connectivity index (χ1n) is 24.7. The Morgan fingerprint density at radius 1 is 0.609 bits per heavy atom. The lowest BCUT2D eigenvalue weighted by Crippen LogP contribution is -2.46. The second-order valence-electron chi connectivity index (χ2n) is 18.8. The molecule has 2 aliphatic carbocycles. The van der Waals surface area contributed by atoms with E-state index in [-0.39, 0.29) is 41.1 Å². The van der Waals surface area contributed by atoms with Crippen molar-refractivity contribution in [3.05, 3.63) is 59.9 Å². The van der Waals surface area contributed by atoms with Crippen LogP contribution in [0.25, 0.3) is 22.5 Å². The molecule has 4 aromatic rings. The number of hydrogen-bond donors (Lipinski definition) is 4. The van der Waals surface area contributed by atoms with Crippen LogP contribution in [0.15, 0.2) is 48.5 Å². The van der Waals surface area contributed by atoms with Crippen LogP contribution in [-0.4, -0.2) is 94.0 Å². The summed E-state index contributed by atoms with van der Waals surface area (Å²) in [5.41, 5.74) is 3.11. The maximum Gasteiger partial charge on any atom is 0.326 e. The molecule has 2 aromatic heterocycles. The third-order valence-corrected chi connectivity index (χ3v) is 13.1. The van der Waals surface area contributed by atoms with Crippen LogP contribution in [0.3, 0.4) is 0 Å². The van der Waals surface area contributed by atoms with E-state index in [9.17, 15) is 29.4 Å². The largest absolute Gasteiger partial charge is 0.496 e. The molecular formula is C53H78N6O10. The van der Waals surface area contributed by atoms with Gasteiger partial charge in [-0.1, -0.05) is 105 Å². The summed E-state index contributed by atoms with van der Waals surface area (Å²) in [4.78, 5) is 50.1. The normalized spacial score (nSPS) is 15.4. The number of hydrogen-bond acceptors (Lipinski definition) is 10. The van der Waals surface area contributed by atoms with E-state index in [1.54, 1.807) is 49.9 Å². The Kier molecular flexibility index (Phi) is 21.9. The molecule has 3 atom stereocenters. The lowest BCUT2D eigenvalue weighted by Gasteiger charge is -2.27. The van der Waals surface area contributed by atoms with Crippen LogP contribution in [0, 0.1) is 23.7 Å². The molecule has 2 heterocycles. The predicted molar refractivity (Wildman–Crippen MR) is 267 cm³/mol. The zero-order valence-corrected chi connectivity index (χ0v) is 42.8. The molecule has 2 aromatic carbocycles. The first-order valence-corrected chi connectivity index (χ1v) is 24.7. The van der Waals surface area contributed by atoms with Crippen molar-refractivity contribution in [2.75, 3.05) is 28.4 Å². The molecule has 0 saturated heterocycles. The second kappa shape index (κ2) is 27.2. The number of methoxy groups -OCH3 is 4. The highest BCUT2D eigenvalue weighted by Crippen LogP contribution is 2.41. The van der Waals surface area contributed by atoms with Gasteiger partial charge in [-0.05, 0) is 92.7 Å². The van der Waals surface area contributed by atoms with Gasteiger partial charge in [0.1, 0.15) is 35.1 Å². The number of rotatable bonds is 19. The minimum absolute atomic E-state index is 0.0233. The minimum atomic E-state index is -1.00. The molecule has 4 N–H and O–H groups in total. The summed E-state index contributed by atoms with van der Waals surface area (Å²) in [6.07, 6.45) is 12.0. The van der Waals surface area contributed by atoms with Gasteiger partial charge in [0.05, 0.1) is 57.0 Å². The van der Waals surface area contributed by atoms with Crippen LogP contribution in [0.2, 0.25) is 0 Å². The molecule has 16 nitrogen and oxygen atoms in total. The Labute approximate surface area is 408 Å². The van der Waals surface area contributed by atoms with Gasteiger partial charge in [-0.15, -0.1) is 0 Å². The second-order valence-corrected chi connectivity index (χ2v) is 18.8. The molecule has 0 radical (unpaired) electrons. The molecule has 0 spiro atoms. The van der Waals surface area contributed by atoms with Crippen molar-refractivity contribution in [1.82, 2.24) is 30.2 Å². The van der Waals surface area contributed by atoms with Gasteiger partial charge < -0.3 is 39.8 Å². The Bertz CT molecular complexity index is 2230. The zero-order chi connectivity index (χ0) is 50.8. The summed E-state index contributed by atoms with van der Waals surface area (Å²) >= 11 is 0. The third kappa shape index (κ3) is 14.7. The minimum Gasteiger partial charge on any atom is -0.496 e. The number of nitrogens with zero attached hydrogens (tertiary/aromatic N) is 4. The van der Waals surface area contributed by atoms with Crippen molar-refractivity contribution in [2.45, 2.75) is 150 Å². The van der Waals surface area contributed by atoms with E-state index in [1.165, 1.54) is 12.8 Å². The number of ether oxygens (including phenoxy) is 4. The van der Waals surface area contributed by atoms with Crippen LogP contribution in [0.4, 0.5) is 0 Å². The fourth-order valence-corrected chi connectivity index (χ4v) is 8.83. The van der Waals surface area contributed by atoms with E-state index in [2.05, 4.69) is 62.4 Å². The summed E-state index contributed by atoms with van der Waals surface area (Å²) in [6, 6.07) is 12.5. The van der Waals surface area contributed by atoms with E-state index in [0.29, 0.717) is 52.1 Å². The number of carbonyl (C=O) groups excluding carboxylic acids is 2. The first-order chi connectivity index (χ1) is 33.0. The zero-order valence-electron chi connectivity index (χ0n) is 42.8. The summed E-state index contributed by atoms with van der Waals surface area (Å²) in [5.74, 6) is -0.170. The van der Waals surface area contributed by atoms with Crippen molar-refractivity contribution in [2.24, 2.45) is 23.7 Å². The van der Waals surface area contributed by atoms with Crippen molar-refractivity contribution >= 4 is 23.8 Å². The van der Waals surface area contributed by atoms with Gasteiger partial charge in [0.25, 0.3) is 11.8 Å². The third-order valence-electron chi connectivity index (χ3n) is 13.1. The van der Waals surface area contributed by atoms with E-state index >= 15 is 0 Å². The highest BCUT2D eigenvalue weighted by Gasteiger charge is 2.34. The summed E-state index contributed by atoms with van der Waals surface area (Å²) < 4.78 is 25.8. The molecular weight excluding hydrogens is 881 g/mol. The van der Waals surface area contributed by atoms with Crippen molar-refractivity contribution in [1.29, 1.82) is 0 Å². The van der Waals surface area contributed by atoms with Gasteiger partial charge in [-0.2, -0.15) is 10.2 Å². The molecule has 69 heavy (non-hydrogen) atoms. The molecule has 3 unspecified atom stereocenters. The van der Waals surface area contributed by atoms with Gasteiger partial charge in [0, 0.05) is 6.54 Å². The summed E-state index contributed by atoms with van der Waals surface area (Å²) in [6.45, 7) is 15.3. The highest BCUT2D eigenvalue weighted by molar-refractivity contribution is 5.97. The average molecular weight is 959 g/mol. The Morgan fingerprint density at radius 2 is 0.986 bits per heavy atom. The van der Waals surface area contributed by atoms with Gasteiger partial charge in [0.2, 0.25) is 0 Å². The van der Waals surface area contributed by atoms with Crippen LogP contribution in [0.5, 0.6) is 23.0 Å². The lowest BCUT2D eigenvalue weighted by molar-refractivity contribution is -0.142. The van der Waals surface area contributed by atoms with Crippen molar-refractivity contribution in [3.8, 4) is 45.5 Å². The molecule has 0 aliphatic heterocycles. The SMILES string of the molecule is CCCC.COc1cccc(OC)c1-c1cc(C(=O)NC(C(=O)O)C2CCCCC2)nn1C(C)C(C)C.COc1cccc(OC)c1-c1cc(C(=O)NC(C(=O)O)C2CCCCC2)nn1CC(C)C. The number of nitrogens with one attached hydrogen (secondary N) is 2. The Balaban J connectivity index is 0.000000279. The maximum atomic E-state index is 13.2. The van der Waals surface area contributed by atoms with Gasteiger partial charge in [0.15, 0.2) is 11.4 Å². The Morgan fingerprint density at radius 3 is 1.33 bits per heavy atom. The standard InChI is InChI=1S/C25H35N3O5.C24H33N3O5.C4H10/c1-15(2)16(3)28-19(22-20(32-4)12-9-13-21(22)33-5)14-18(27-28)24(29)26-23(25(30)31)17-10-7-6-8-11-17;1-15(2)14-27-18(21-19(31-3)11-8-12-20(21)32-4)13-17(26-27)23(28)25-22(24(29)30)16-9-6-5-7-10-16;1-3-4-2/h9,12-17,23H,6-8,10-11H2,1-5H3,(H,26,29)(H,30,31);8,11-13,15-16,22H,5-7,9-10,14H2,1-4H3,(H,25,28)(H,29,30);3-4H2,1-2H3. The fourth-order valence-electron chi connectivity index (χ4n) is 8.83. The lowest BCUT2D eigenvalue weighted by atomic mass is 9.84. The number of aromatic nitrogens is 4. The van der Waals surface area contributed by atoms with Crippen molar-refractivity contribution < 1.29 is 48.3 Å². The first kappa shape index (κ1) is 55.5. The van der Waals surface area contributed by atoms with Crippen LogP contribution in [-0.2, 0) is 16.1 Å². The molecule has 6 rings (SSSR count). The van der Waals surface area contributed by atoms with E-state index in [1.807, 2.05) is 43.3 Å². The monoisotopic (exact) mass is 959 g/mol. The van der Waals surface area contributed by atoms with Gasteiger partial charge in [-0.3, -0.25) is 19.0 Å². The van der Waals surface area contributed by atoms with Gasteiger partial charge in [-0.25, -0.2) is 9.59 Å². The molecule has 380 valence electrons. The van der Waals surface area contributed by atoms with Crippen LogP contribution >= 0.6 is 0 Å². The fraction of sp³-hybridized carbons (Fsp3) is 0.585.